The second-order valence-corrected chi connectivity index (χ2v) is 2.66. The molecule has 0 fully saturated rings. The van der Waals surface area contributed by atoms with E-state index in [0.717, 1.165) is 0 Å². The van der Waals surface area contributed by atoms with E-state index in [2.05, 4.69) is 0 Å². The third-order valence-electron chi connectivity index (χ3n) is 1.74. The van der Waals surface area contributed by atoms with Crippen LogP contribution in [0.1, 0.15) is 6.92 Å². The van der Waals surface area contributed by atoms with Crippen LogP contribution in [0.15, 0.2) is 23.8 Å². The molecule has 0 heterocycles. The fourth-order valence-corrected chi connectivity index (χ4v) is 1.07. The molecular formula is C8H12O3. The number of aliphatic hydroxyl groups is 3. The Morgan fingerprint density at radius 1 is 1.45 bits per heavy atom. The molecule has 0 bridgehead atoms. The molecule has 0 amide bonds. The summed E-state index contributed by atoms with van der Waals surface area (Å²) in [6.07, 6.45) is 2.17. The summed E-state index contributed by atoms with van der Waals surface area (Å²) in [5, 5.41) is 27.5. The van der Waals surface area contributed by atoms with E-state index in [-0.39, 0.29) is 0 Å². The van der Waals surface area contributed by atoms with Gasteiger partial charge in [0.25, 0.3) is 0 Å². The fraction of sp³-hybridized carbons (Fsp3) is 0.500. The summed E-state index contributed by atoms with van der Waals surface area (Å²) in [7, 11) is 0. The maximum Gasteiger partial charge on any atom is 0.107 e. The van der Waals surface area contributed by atoms with Crippen molar-refractivity contribution in [1.29, 1.82) is 0 Å². The number of aliphatic hydroxyl groups excluding tert-OH is 3. The first-order valence-corrected chi connectivity index (χ1v) is 3.55. The Morgan fingerprint density at radius 2 is 2.09 bits per heavy atom. The van der Waals surface area contributed by atoms with E-state index in [1.165, 1.54) is 6.08 Å². The molecule has 0 aromatic carbocycles. The summed E-state index contributed by atoms with van der Waals surface area (Å²) in [4.78, 5) is 0. The standard InChI is InChI=1S/C8H12O3/c1-5(9)6-3-2-4-7(10)8(6)11/h2-5,7-11H,1H3. The topological polar surface area (TPSA) is 60.7 Å². The van der Waals surface area contributed by atoms with E-state index in [0.29, 0.717) is 5.57 Å². The summed E-state index contributed by atoms with van der Waals surface area (Å²) in [5.74, 6) is 0. The maximum atomic E-state index is 9.28. The van der Waals surface area contributed by atoms with Crippen LogP contribution in [-0.2, 0) is 0 Å². The highest BCUT2D eigenvalue weighted by Gasteiger charge is 2.23. The van der Waals surface area contributed by atoms with Crippen LogP contribution in [0.5, 0.6) is 0 Å². The van der Waals surface area contributed by atoms with E-state index in [1.54, 1.807) is 19.1 Å². The van der Waals surface area contributed by atoms with Crippen molar-refractivity contribution >= 4 is 0 Å². The van der Waals surface area contributed by atoms with Gasteiger partial charge < -0.3 is 15.3 Å². The molecule has 0 saturated heterocycles. The first kappa shape index (κ1) is 8.46. The zero-order valence-corrected chi connectivity index (χ0v) is 6.31. The fourth-order valence-electron chi connectivity index (χ4n) is 1.07. The molecule has 3 atom stereocenters. The van der Waals surface area contributed by atoms with Crippen LogP contribution in [0.4, 0.5) is 0 Å². The molecule has 11 heavy (non-hydrogen) atoms. The average Bonchev–Trinajstić information content (AvgIpc) is 1.94. The molecule has 3 nitrogen and oxygen atoms in total. The van der Waals surface area contributed by atoms with Crippen molar-refractivity contribution in [3.63, 3.8) is 0 Å². The molecule has 0 radical (unpaired) electrons. The summed E-state index contributed by atoms with van der Waals surface area (Å²) in [5.41, 5.74) is 0.458. The predicted octanol–water partition coefficient (Wildman–Crippen LogP) is -0.415. The van der Waals surface area contributed by atoms with Crippen LogP contribution in [-0.4, -0.2) is 33.6 Å². The Bertz CT molecular complexity index is 194. The number of rotatable bonds is 1. The van der Waals surface area contributed by atoms with E-state index in [1.807, 2.05) is 0 Å². The van der Waals surface area contributed by atoms with Crippen LogP contribution in [0, 0.1) is 0 Å². The van der Waals surface area contributed by atoms with Crippen LogP contribution in [0.2, 0.25) is 0 Å². The Hall–Kier alpha value is -0.640. The summed E-state index contributed by atoms with van der Waals surface area (Å²) < 4.78 is 0. The van der Waals surface area contributed by atoms with Crippen LogP contribution in [0.3, 0.4) is 0 Å². The van der Waals surface area contributed by atoms with Crippen molar-refractivity contribution in [2.75, 3.05) is 0 Å². The molecule has 3 heteroatoms. The van der Waals surface area contributed by atoms with Gasteiger partial charge >= 0.3 is 0 Å². The van der Waals surface area contributed by atoms with Crippen molar-refractivity contribution < 1.29 is 15.3 Å². The van der Waals surface area contributed by atoms with E-state index in [4.69, 9.17) is 10.2 Å². The van der Waals surface area contributed by atoms with E-state index >= 15 is 0 Å². The highest BCUT2D eigenvalue weighted by atomic mass is 16.3. The van der Waals surface area contributed by atoms with Gasteiger partial charge in [0, 0.05) is 0 Å². The summed E-state index contributed by atoms with van der Waals surface area (Å²) >= 11 is 0. The van der Waals surface area contributed by atoms with Gasteiger partial charge in [0.05, 0.1) is 6.10 Å². The van der Waals surface area contributed by atoms with E-state index < -0.39 is 18.3 Å². The quantitative estimate of drug-likeness (QED) is 0.483. The lowest BCUT2D eigenvalue weighted by Gasteiger charge is -2.22. The molecule has 0 aliphatic heterocycles. The predicted molar refractivity (Wildman–Crippen MR) is 40.9 cm³/mol. The van der Waals surface area contributed by atoms with Gasteiger partial charge in [-0.1, -0.05) is 18.2 Å². The Balaban J connectivity index is 2.78. The minimum Gasteiger partial charge on any atom is -0.389 e. The number of allylic oxidation sites excluding steroid dienone is 2. The minimum absolute atomic E-state index is 0.458. The van der Waals surface area contributed by atoms with Gasteiger partial charge in [0.1, 0.15) is 12.2 Å². The number of hydrogen-bond donors (Lipinski definition) is 3. The second kappa shape index (κ2) is 3.17. The molecule has 1 aliphatic rings. The molecule has 3 unspecified atom stereocenters. The van der Waals surface area contributed by atoms with Gasteiger partial charge in [-0.2, -0.15) is 0 Å². The first-order valence-electron chi connectivity index (χ1n) is 3.55. The van der Waals surface area contributed by atoms with Crippen LogP contribution in [0.25, 0.3) is 0 Å². The maximum absolute atomic E-state index is 9.28. The third-order valence-corrected chi connectivity index (χ3v) is 1.74. The van der Waals surface area contributed by atoms with Gasteiger partial charge in [-0.25, -0.2) is 0 Å². The largest absolute Gasteiger partial charge is 0.389 e. The van der Waals surface area contributed by atoms with Crippen molar-refractivity contribution in [3.8, 4) is 0 Å². The van der Waals surface area contributed by atoms with Crippen molar-refractivity contribution in [1.82, 2.24) is 0 Å². The van der Waals surface area contributed by atoms with Crippen molar-refractivity contribution in [2.24, 2.45) is 0 Å². The average molecular weight is 156 g/mol. The highest BCUT2D eigenvalue weighted by molar-refractivity contribution is 5.27. The van der Waals surface area contributed by atoms with Crippen molar-refractivity contribution in [3.05, 3.63) is 23.8 Å². The lowest BCUT2D eigenvalue weighted by Crippen LogP contribution is -2.32. The van der Waals surface area contributed by atoms with Gasteiger partial charge in [-0.05, 0) is 12.5 Å². The molecular weight excluding hydrogens is 144 g/mol. The zero-order chi connectivity index (χ0) is 8.43. The monoisotopic (exact) mass is 156 g/mol. The summed E-state index contributed by atoms with van der Waals surface area (Å²) in [6.45, 7) is 1.56. The molecule has 1 rings (SSSR count). The van der Waals surface area contributed by atoms with Crippen molar-refractivity contribution in [2.45, 2.75) is 25.2 Å². The third kappa shape index (κ3) is 1.68. The normalized spacial score (nSPS) is 33.3. The molecule has 0 aromatic heterocycles. The zero-order valence-electron chi connectivity index (χ0n) is 6.31. The molecule has 3 N–H and O–H groups in total. The second-order valence-electron chi connectivity index (χ2n) is 2.66. The van der Waals surface area contributed by atoms with Gasteiger partial charge in [-0.15, -0.1) is 0 Å². The Morgan fingerprint density at radius 3 is 2.55 bits per heavy atom. The molecule has 0 spiro atoms. The van der Waals surface area contributed by atoms with Crippen LogP contribution < -0.4 is 0 Å². The van der Waals surface area contributed by atoms with Gasteiger partial charge in [0.15, 0.2) is 0 Å². The molecule has 1 aliphatic carbocycles. The number of hydrogen-bond acceptors (Lipinski definition) is 3. The lowest BCUT2D eigenvalue weighted by atomic mass is 9.96. The molecule has 0 aromatic rings. The smallest absolute Gasteiger partial charge is 0.107 e. The van der Waals surface area contributed by atoms with E-state index in [9.17, 15) is 5.11 Å². The lowest BCUT2D eigenvalue weighted by molar-refractivity contribution is 0.0539. The molecule has 62 valence electrons. The first-order chi connectivity index (χ1) is 5.13. The SMILES string of the molecule is CC(O)C1=CC=CC(O)C1O. The van der Waals surface area contributed by atoms with Gasteiger partial charge in [-0.3, -0.25) is 0 Å². The minimum atomic E-state index is -0.958. The van der Waals surface area contributed by atoms with Crippen LogP contribution >= 0.6 is 0 Å². The Labute approximate surface area is 65.3 Å². The highest BCUT2D eigenvalue weighted by Crippen LogP contribution is 2.16. The Kier molecular flexibility index (Phi) is 2.44. The summed E-state index contributed by atoms with van der Waals surface area (Å²) in [6, 6.07) is 0. The molecule has 0 saturated carbocycles. The van der Waals surface area contributed by atoms with Gasteiger partial charge in [0.2, 0.25) is 0 Å².